The SMILES string of the molecule is CC(C)C(CN)OCC1CC1. The highest BCUT2D eigenvalue weighted by Gasteiger charge is 2.23. The molecule has 1 aliphatic rings. The van der Waals surface area contributed by atoms with Gasteiger partial charge in [-0.1, -0.05) is 13.8 Å². The predicted molar refractivity (Wildman–Crippen MR) is 46.4 cm³/mol. The van der Waals surface area contributed by atoms with Gasteiger partial charge in [0.05, 0.1) is 6.10 Å². The Kier molecular flexibility index (Phi) is 3.34. The molecule has 0 bridgehead atoms. The second kappa shape index (κ2) is 4.07. The van der Waals surface area contributed by atoms with E-state index >= 15 is 0 Å². The van der Waals surface area contributed by atoms with E-state index in [-0.39, 0.29) is 6.10 Å². The molecule has 66 valence electrons. The Labute approximate surface area is 69.1 Å². The van der Waals surface area contributed by atoms with E-state index in [9.17, 15) is 0 Å². The highest BCUT2D eigenvalue weighted by molar-refractivity contribution is 4.73. The van der Waals surface area contributed by atoms with Gasteiger partial charge in [0.15, 0.2) is 0 Å². The molecule has 1 unspecified atom stereocenters. The average Bonchev–Trinajstić information content (AvgIpc) is 2.72. The molecule has 0 saturated heterocycles. The van der Waals surface area contributed by atoms with E-state index < -0.39 is 0 Å². The van der Waals surface area contributed by atoms with E-state index in [4.69, 9.17) is 10.5 Å². The Balaban J connectivity index is 2.08. The summed E-state index contributed by atoms with van der Waals surface area (Å²) in [7, 11) is 0. The summed E-state index contributed by atoms with van der Waals surface area (Å²) in [6.07, 6.45) is 2.99. The molecule has 0 aromatic heterocycles. The first-order valence-corrected chi connectivity index (χ1v) is 4.55. The van der Waals surface area contributed by atoms with Gasteiger partial charge in [-0.2, -0.15) is 0 Å². The molecule has 1 rings (SSSR count). The maximum Gasteiger partial charge on any atom is 0.0720 e. The van der Waals surface area contributed by atoms with Crippen LogP contribution in [0.3, 0.4) is 0 Å². The molecule has 0 amide bonds. The largest absolute Gasteiger partial charge is 0.376 e. The number of rotatable bonds is 5. The molecule has 1 fully saturated rings. The summed E-state index contributed by atoms with van der Waals surface area (Å²) in [5, 5.41) is 0. The van der Waals surface area contributed by atoms with Crippen LogP contribution in [-0.4, -0.2) is 19.3 Å². The smallest absolute Gasteiger partial charge is 0.0720 e. The molecular formula is C9H19NO. The fraction of sp³-hybridized carbons (Fsp3) is 1.00. The lowest BCUT2D eigenvalue weighted by molar-refractivity contribution is 0.0223. The molecule has 11 heavy (non-hydrogen) atoms. The summed E-state index contributed by atoms with van der Waals surface area (Å²) in [5.41, 5.74) is 5.56. The van der Waals surface area contributed by atoms with Gasteiger partial charge in [0.25, 0.3) is 0 Å². The van der Waals surface area contributed by atoms with Crippen molar-refractivity contribution in [2.75, 3.05) is 13.2 Å². The molecular weight excluding hydrogens is 138 g/mol. The second-order valence-electron chi connectivity index (χ2n) is 3.79. The monoisotopic (exact) mass is 157 g/mol. The van der Waals surface area contributed by atoms with Crippen molar-refractivity contribution in [2.24, 2.45) is 17.6 Å². The van der Waals surface area contributed by atoms with E-state index in [0.29, 0.717) is 12.5 Å². The number of nitrogens with two attached hydrogens (primary N) is 1. The van der Waals surface area contributed by atoms with Gasteiger partial charge in [0, 0.05) is 13.2 Å². The van der Waals surface area contributed by atoms with Gasteiger partial charge in [-0.05, 0) is 24.7 Å². The zero-order valence-corrected chi connectivity index (χ0v) is 7.55. The molecule has 0 spiro atoms. The van der Waals surface area contributed by atoms with Gasteiger partial charge in [-0.3, -0.25) is 0 Å². The first-order valence-electron chi connectivity index (χ1n) is 4.55. The zero-order valence-electron chi connectivity index (χ0n) is 7.55. The summed E-state index contributed by atoms with van der Waals surface area (Å²) < 4.78 is 5.65. The Hall–Kier alpha value is -0.0800. The lowest BCUT2D eigenvalue weighted by atomic mass is 10.1. The first-order chi connectivity index (χ1) is 5.24. The van der Waals surface area contributed by atoms with Crippen LogP contribution in [0.4, 0.5) is 0 Å². The topological polar surface area (TPSA) is 35.2 Å². The van der Waals surface area contributed by atoms with Crippen molar-refractivity contribution >= 4 is 0 Å². The van der Waals surface area contributed by atoms with Crippen molar-refractivity contribution in [1.29, 1.82) is 0 Å². The molecule has 0 heterocycles. The van der Waals surface area contributed by atoms with Crippen LogP contribution in [0.1, 0.15) is 26.7 Å². The molecule has 1 aliphatic carbocycles. The Morgan fingerprint density at radius 3 is 2.45 bits per heavy atom. The van der Waals surface area contributed by atoms with E-state index in [1.807, 2.05) is 0 Å². The van der Waals surface area contributed by atoms with Crippen molar-refractivity contribution < 1.29 is 4.74 Å². The second-order valence-corrected chi connectivity index (χ2v) is 3.79. The standard InChI is InChI=1S/C9H19NO/c1-7(2)9(5-10)11-6-8-3-4-8/h7-9H,3-6,10H2,1-2H3. The minimum atomic E-state index is 0.274. The summed E-state index contributed by atoms with van der Waals surface area (Å²) in [5.74, 6) is 1.40. The van der Waals surface area contributed by atoms with Crippen LogP contribution in [-0.2, 0) is 4.74 Å². The fourth-order valence-electron chi connectivity index (χ4n) is 1.08. The zero-order chi connectivity index (χ0) is 8.27. The highest BCUT2D eigenvalue weighted by atomic mass is 16.5. The number of hydrogen-bond donors (Lipinski definition) is 1. The van der Waals surface area contributed by atoms with Crippen molar-refractivity contribution in [3.63, 3.8) is 0 Å². The maximum atomic E-state index is 5.65. The van der Waals surface area contributed by atoms with Crippen LogP contribution in [0.5, 0.6) is 0 Å². The van der Waals surface area contributed by atoms with Gasteiger partial charge < -0.3 is 10.5 Å². The van der Waals surface area contributed by atoms with E-state index in [1.165, 1.54) is 12.8 Å². The molecule has 0 aromatic rings. The quantitative estimate of drug-likeness (QED) is 0.654. The van der Waals surface area contributed by atoms with Crippen LogP contribution in [0.15, 0.2) is 0 Å². The Morgan fingerprint density at radius 1 is 1.45 bits per heavy atom. The minimum Gasteiger partial charge on any atom is -0.376 e. The van der Waals surface area contributed by atoms with Gasteiger partial charge in [-0.25, -0.2) is 0 Å². The Morgan fingerprint density at radius 2 is 2.09 bits per heavy atom. The van der Waals surface area contributed by atoms with Gasteiger partial charge >= 0.3 is 0 Å². The third-order valence-electron chi connectivity index (χ3n) is 2.22. The van der Waals surface area contributed by atoms with Crippen LogP contribution in [0, 0.1) is 11.8 Å². The Bertz CT molecular complexity index is 110. The normalized spacial score (nSPS) is 20.7. The summed E-state index contributed by atoms with van der Waals surface area (Å²) >= 11 is 0. The van der Waals surface area contributed by atoms with E-state index in [1.54, 1.807) is 0 Å². The van der Waals surface area contributed by atoms with Crippen LogP contribution >= 0.6 is 0 Å². The van der Waals surface area contributed by atoms with Crippen molar-refractivity contribution in [3.8, 4) is 0 Å². The third-order valence-corrected chi connectivity index (χ3v) is 2.22. The summed E-state index contributed by atoms with van der Waals surface area (Å²) in [6, 6.07) is 0. The molecule has 2 nitrogen and oxygen atoms in total. The molecule has 0 radical (unpaired) electrons. The summed E-state index contributed by atoms with van der Waals surface area (Å²) in [6.45, 7) is 5.90. The fourth-order valence-corrected chi connectivity index (χ4v) is 1.08. The lowest BCUT2D eigenvalue weighted by Crippen LogP contribution is -2.29. The molecule has 1 saturated carbocycles. The number of hydrogen-bond acceptors (Lipinski definition) is 2. The maximum absolute atomic E-state index is 5.65. The van der Waals surface area contributed by atoms with E-state index in [0.717, 1.165) is 12.5 Å². The van der Waals surface area contributed by atoms with E-state index in [2.05, 4.69) is 13.8 Å². The van der Waals surface area contributed by atoms with Crippen LogP contribution in [0.25, 0.3) is 0 Å². The summed E-state index contributed by atoms with van der Waals surface area (Å²) in [4.78, 5) is 0. The van der Waals surface area contributed by atoms with Crippen LogP contribution in [0.2, 0.25) is 0 Å². The molecule has 0 aromatic carbocycles. The van der Waals surface area contributed by atoms with Gasteiger partial charge in [0.1, 0.15) is 0 Å². The highest BCUT2D eigenvalue weighted by Crippen LogP contribution is 2.29. The molecule has 2 heteroatoms. The van der Waals surface area contributed by atoms with Crippen molar-refractivity contribution in [3.05, 3.63) is 0 Å². The predicted octanol–water partition coefficient (Wildman–Crippen LogP) is 1.40. The third kappa shape index (κ3) is 3.21. The molecule has 0 aliphatic heterocycles. The van der Waals surface area contributed by atoms with Gasteiger partial charge in [0.2, 0.25) is 0 Å². The lowest BCUT2D eigenvalue weighted by Gasteiger charge is -2.19. The first kappa shape index (κ1) is 9.01. The van der Waals surface area contributed by atoms with Gasteiger partial charge in [-0.15, -0.1) is 0 Å². The average molecular weight is 157 g/mol. The molecule has 1 atom stereocenters. The van der Waals surface area contributed by atoms with Crippen molar-refractivity contribution in [1.82, 2.24) is 0 Å². The number of ether oxygens (including phenoxy) is 1. The minimum absolute atomic E-state index is 0.274. The molecule has 2 N–H and O–H groups in total. The van der Waals surface area contributed by atoms with Crippen molar-refractivity contribution in [2.45, 2.75) is 32.8 Å². The van der Waals surface area contributed by atoms with Crippen LogP contribution < -0.4 is 5.73 Å².